The first-order valence-electron chi connectivity index (χ1n) is 11.7. The number of nitrogens with zero attached hydrogens (tertiary/aromatic N) is 4. The number of carbonyl (C=O) groups is 2. The summed E-state index contributed by atoms with van der Waals surface area (Å²) in [5.41, 5.74) is 1.60. The Hall–Kier alpha value is -3.55. The molecule has 10 heteroatoms. The molecule has 0 bridgehead atoms. The Labute approximate surface area is 208 Å². The number of amides is 2. The molecule has 0 saturated carbocycles. The number of hydrogen-bond acceptors (Lipinski definition) is 7. The lowest BCUT2D eigenvalue weighted by atomic mass is 9.81. The Morgan fingerprint density at radius 3 is 2.77 bits per heavy atom. The van der Waals surface area contributed by atoms with Crippen molar-refractivity contribution in [3.05, 3.63) is 65.2 Å². The third-order valence-electron chi connectivity index (χ3n) is 6.11. The zero-order valence-corrected chi connectivity index (χ0v) is 20.2. The summed E-state index contributed by atoms with van der Waals surface area (Å²) in [6.07, 6.45) is 9.84. The number of hydrogen-bond donors (Lipinski definition) is 2. The van der Waals surface area contributed by atoms with Crippen LogP contribution in [0.2, 0.25) is 0 Å². The van der Waals surface area contributed by atoms with E-state index in [1.54, 1.807) is 24.7 Å². The maximum absolute atomic E-state index is 13.3. The molecular formula is C25H28N6O3S. The van der Waals surface area contributed by atoms with E-state index in [1.165, 1.54) is 17.5 Å². The zero-order chi connectivity index (χ0) is 24.5. The van der Waals surface area contributed by atoms with Gasteiger partial charge in [0.15, 0.2) is 5.13 Å². The quantitative estimate of drug-likeness (QED) is 0.419. The summed E-state index contributed by atoms with van der Waals surface area (Å²) in [5, 5.41) is 15.3. The zero-order valence-electron chi connectivity index (χ0n) is 19.4. The molecule has 3 aromatic rings. The number of ether oxygens (including phenoxy) is 1. The van der Waals surface area contributed by atoms with Crippen LogP contribution in [0.4, 0.5) is 5.13 Å². The van der Waals surface area contributed by atoms with Gasteiger partial charge in [-0.05, 0) is 49.3 Å². The van der Waals surface area contributed by atoms with Crippen molar-refractivity contribution < 1.29 is 14.3 Å². The largest absolute Gasteiger partial charge is 0.381 e. The third-order valence-corrected chi connectivity index (χ3v) is 7.02. The van der Waals surface area contributed by atoms with Gasteiger partial charge in [0.05, 0.1) is 24.2 Å². The van der Waals surface area contributed by atoms with Crippen molar-refractivity contribution in [2.75, 3.05) is 25.1 Å². The summed E-state index contributed by atoms with van der Waals surface area (Å²) < 4.78 is 7.45. The fourth-order valence-corrected chi connectivity index (χ4v) is 4.90. The van der Waals surface area contributed by atoms with Crippen LogP contribution in [0.1, 0.15) is 40.1 Å². The second kappa shape index (κ2) is 12.2. The molecule has 2 N–H and O–H groups in total. The van der Waals surface area contributed by atoms with Crippen LogP contribution in [0.5, 0.6) is 0 Å². The lowest BCUT2D eigenvalue weighted by Gasteiger charge is -2.29. The van der Waals surface area contributed by atoms with Gasteiger partial charge >= 0.3 is 0 Å². The van der Waals surface area contributed by atoms with Crippen LogP contribution in [-0.4, -0.2) is 46.1 Å². The molecule has 1 saturated heterocycles. The number of anilines is 1. The van der Waals surface area contributed by atoms with Crippen molar-refractivity contribution in [3.63, 3.8) is 0 Å². The van der Waals surface area contributed by atoms with Crippen molar-refractivity contribution in [3.8, 4) is 6.07 Å². The molecule has 2 aromatic heterocycles. The van der Waals surface area contributed by atoms with Crippen LogP contribution in [0.15, 0.2) is 49.2 Å². The Kier molecular flexibility index (Phi) is 8.59. The van der Waals surface area contributed by atoms with E-state index < -0.39 is 0 Å². The van der Waals surface area contributed by atoms with Gasteiger partial charge in [-0.15, -0.1) is 0 Å². The van der Waals surface area contributed by atoms with Crippen molar-refractivity contribution in [2.24, 2.45) is 11.8 Å². The second-order valence-electron chi connectivity index (χ2n) is 8.50. The van der Waals surface area contributed by atoms with Gasteiger partial charge in [0.2, 0.25) is 5.91 Å². The van der Waals surface area contributed by atoms with E-state index in [-0.39, 0.29) is 23.7 Å². The molecule has 182 valence electrons. The maximum Gasteiger partial charge on any atom is 0.263 e. The summed E-state index contributed by atoms with van der Waals surface area (Å²) in [6, 6.07) is 9.47. The van der Waals surface area contributed by atoms with Crippen LogP contribution in [-0.2, 0) is 22.5 Å². The highest BCUT2D eigenvalue weighted by molar-refractivity contribution is 7.17. The van der Waals surface area contributed by atoms with Gasteiger partial charge in [0.1, 0.15) is 4.88 Å². The highest BCUT2D eigenvalue weighted by Gasteiger charge is 2.30. The van der Waals surface area contributed by atoms with E-state index in [0.717, 1.165) is 31.4 Å². The van der Waals surface area contributed by atoms with Gasteiger partial charge in [0, 0.05) is 44.6 Å². The molecule has 3 heterocycles. The number of nitrogens with one attached hydrogen (secondary N) is 2. The topological polar surface area (TPSA) is 122 Å². The molecule has 1 aliphatic heterocycles. The third kappa shape index (κ3) is 6.97. The smallest absolute Gasteiger partial charge is 0.263 e. The fourth-order valence-electron chi connectivity index (χ4n) is 4.17. The summed E-state index contributed by atoms with van der Waals surface area (Å²) in [7, 11) is 0. The molecule has 0 aliphatic carbocycles. The lowest BCUT2D eigenvalue weighted by molar-refractivity contribution is -0.122. The van der Waals surface area contributed by atoms with Crippen LogP contribution in [0.25, 0.3) is 0 Å². The van der Waals surface area contributed by atoms with Crippen LogP contribution >= 0.6 is 11.3 Å². The first kappa shape index (κ1) is 24.6. The molecule has 1 fully saturated rings. The number of imidazole rings is 1. The minimum Gasteiger partial charge on any atom is -0.381 e. The van der Waals surface area contributed by atoms with Crippen LogP contribution in [0, 0.1) is 23.2 Å². The summed E-state index contributed by atoms with van der Waals surface area (Å²) >= 11 is 1.17. The molecule has 1 aliphatic rings. The summed E-state index contributed by atoms with van der Waals surface area (Å²) in [4.78, 5) is 34.5. The summed E-state index contributed by atoms with van der Waals surface area (Å²) in [6.45, 7) is 2.60. The maximum atomic E-state index is 13.3. The fraction of sp³-hybridized carbons (Fsp3) is 0.400. The standard InChI is InChI=1S/C25H28N6O3S/c26-15-19-4-2-18(3-5-19)14-21(20-6-12-34-13-7-20)23(32)30-25-29-16-22(35-25)24(33)28-8-1-10-31-11-9-27-17-31/h2-5,9,11,16-17,20-21H,1,6-8,10,12-14H2,(H,28,33)(H,29,30,32). The van der Waals surface area contributed by atoms with E-state index in [4.69, 9.17) is 10.00 Å². The van der Waals surface area contributed by atoms with Gasteiger partial charge in [-0.3, -0.25) is 9.59 Å². The molecule has 4 rings (SSSR count). The van der Waals surface area contributed by atoms with E-state index in [2.05, 4.69) is 26.7 Å². The van der Waals surface area contributed by atoms with Crippen LogP contribution < -0.4 is 10.6 Å². The highest BCUT2D eigenvalue weighted by Crippen LogP contribution is 2.29. The normalized spacial score (nSPS) is 14.7. The van der Waals surface area contributed by atoms with Crippen molar-refractivity contribution in [2.45, 2.75) is 32.2 Å². The van der Waals surface area contributed by atoms with Gasteiger partial charge in [-0.25, -0.2) is 9.97 Å². The number of nitriles is 1. The molecule has 1 aromatic carbocycles. The van der Waals surface area contributed by atoms with Crippen molar-refractivity contribution in [1.29, 1.82) is 5.26 Å². The SMILES string of the molecule is N#Cc1ccc(CC(C(=O)Nc2ncc(C(=O)NCCCn3ccnc3)s2)C2CCOCC2)cc1. The lowest BCUT2D eigenvalue weighted by Crippen LogP contribution is -2.34. The number of aromatic nitrogens is 3. The number of thiazole rings is 1. The Morgan fingerprint density at radius 1 is 1.26 bits per heavy atom. The molecule has 0 radical (unpaired) electrons. The monoisotopic (exact) mass is 492 g/mol. The molecule has 0 spiro atoms. The van der Waals surface area contributed by atoms with Crippen molar-refractivity contribution in [1.82, 2.24) is 19.9 Å². The first-order valence-corrected chi connectivity index (χ1v) is 12.5. The molecule has 35 heavy (non-hydrogen) atoms. The van der Waals surface area contributed by atoms with Gasteiger partial charge < -0.3 is 19.9 Å². The molecule has 2 amide bonds. The van der Waals surface area contributed by atoms with Gasteiger partial charge in [0.25, 0.3) is 5.91 Å². The molecule has 1 atom stereocenters. The summed E-state index contributed by atoms with van der Waals surface area (Å²) in [5.74, 6) is -0.371. The first-order chi connectivity index (χ1) is 17.1. The van der Waals surface area contributed by atoms with E-state index >= 15 is 0 Å². The predicted molar refractivity (Wildman–Crippen MR) is 132 cm³/mol. The number of rotatable bonds is 10. The van der Waals surface area contributed by atoms with Crippen molar-refractivity contribution >= 4 is 28.3 Å². The molecule has 1 unspecified atom stereocenters. The van der Waals surface area contributed by atoms with Gasteiger partial charge in [-0.1, -0.05) is 23.5 Å². The average Bonchev–Trinajstić information content (AvgIpc) is 3.58. The van der Waals surface area contributed by atoms with E-state index in [1.807, 2.05) is 22.9 Å². The second-order valence-corrected chi connectivity index (χ2v) is 9.53. The van der Waals surface area contributed by atoms with E-state index in [9.17, 15) is 9.59 Å². The molecule has 9 nitrogen and oxygen atoms in total. The highest BCUT2D eigenvalue weighted by atomic mass is 32.1. The number of carbonyl (C=O) groups excluding carboxylic acids is 2. The average molecular weight is 493 g/mol. The number of benzene rings is 1. The number of aryl methyl sites for hydroxylation is 1. The molecular weight excluding hydrogens is 464 g/mol. The van der Waals surface area contributed by atoms with Gasteiger partial charge in [-0.2, -0.15) is 5.26 Å². The Morgan fingerprint density at radius 2 is 2.06 bits per heavy atom. The minimum absolute atomic E-state index is 0.108. The van der Waals surface area contributed by atoms with Crippen LogP contribution in [0.3, 0.4) is 0 Å². The minimum atomic E-state index is -0.254. The Bertz CT molecular complexity index is 1150. The Balaban J connectivity index is 1.34. The predicted octanol–water partition coefficient (Wildman–Crippen LogP) is 3.26. The van der Waals surface area contributed by atoms with E-state index in [0.29, 0.717) is 41.8 Å².